The number of hydrogen-bond acceptors (Lipinski definition) is 2. The molecule has 0 saturated carbocycles. The average molecular weight is 101 g/mol. The summed E-state index contributed by atoms with van der Waals surface area (Å²) in [6.07, 6.45) is 0.764. The molecule has 0 saturated heterocycles. The molecule has 0 aromatic carbocycles. The molecule has 0 aliphatic rings. The van der Waals surface area contributed by atoms with Crippen LogP contribution in [0.5, 0.6) is 0 Å². The number of halogens is 1. The van der Waals surface area contributed by atoms with Crippen LogP contribution >= 0.6 is 0 Å². The van der Waals surface area contributed by atoms with Crippen molar-refractivity contribution >= 4 is 0 Å². The van der Waals surface area contributed by atoms with E-state index in [1.807, 2.05) is 0 Å². The second-order valence-electron chi connectivity index (χ2n) is 0.168. The molecule has 0 spiro atoms. The first-order valence-electron chi connectivity index (χ1n) is 0.582. The van der Waals surface area contributed by atoms with Crippen molar-refractivity contribution < 1.29 is 62.3 Å². The van der Waals surface area contributed by atoms with Crippen molar-refractivity contribution in [3.63, 3.8) is 0 Å². The quantitative estimate of drug-likeness (QED) is 0.249. The van der Waals surface area contributed by atoms with Crippen molar-refractivity contribution in [2.45, 2.75) is 0 Å². The average Bonchev–Trinajstić information content (AvgIpc) is 1.37. The summed E-state index contributed by atoms with van der Waals surface area (Å²) in [6, 6.07) is 0. The largest absolute Gasteiger partial charge is 1.00 e. The standard InChI is InChI=1S/CFNO.K.H/c2-4-1-3;;/q;+1;-1. The first-order valence-corrected chi connectivity index (χ1v) is 0.582. The third-order valence-corrected chi connectivity index (χ3v) is 0.0345. The van der Waals surface area contributed by atoms with Crippen LogP contribution in [-0.2, 0) is 4.94 Å². The molecule has 0 fully saturated rings. The molecule has 0 N–H and O–H groups in total. The molecule has 0 atom stereocenters. The van der Waals surface area contributed by atoms with E-state index in [4.69, 9.17) is 5.26 Å². The summed E-state index contributed by atoms with van der Waals surface area (Å²) in [4.78, 5) is 2.35. The normalized spacial score (nSPS) is 3.20. The molecule has 5 heavy (non-hydrogen) atoms. The van der Waals surface area contributed by atoms with Gasteiger partial charge in [0, 0.05) is 4.53 Å². The third-order valence-electron chi connectivity index (χ3n) is 0.0345. The van der Waals surface area contributed by atoms with Gasteiger partial charge in [0.25, 0.3) is 0 Å². The van der Waals surface area contributed by atoms with Gasteiger partial charge in [-0.2, -0.15) is 0 Å². The van der Waals surface area contributed by atoms with Crippen LogP contribution in [0.25, 0.3) is 0 Å². The fraction of sp³-hybridized carbons (Fsp3) is 0. The zero-order chi connectivity index (χ0) is 3.41. The molecule has 0 aromatic heterocycles. The molecular formula is CHFKNO. The van der Waals surface area contributed by atoms with Crippen molar-refractivity contribution in [1.29, 1.82) is 5.26 Å². The predicted octanol–water partition coefficient (Wildman–Crippen LogP) is -2.51. The summed E-state index contributed by atoms with van der Waals surface area (Å²) in [5.74, 6) is 0. The summed E-state index contributed by atoms with van der Waals surface area (Å²) >= 11 is 0. The summed E-state index contributed by atoms with van der Waals surface area (Å²) in [5, 5.41) is 7.03. The van der Waals surface area contributed by atoms with Crippen LogP contribution in [-0.4, -0.2) is 0 Å². The Balaban J connectivity index is -0.0000000450. The van der Waals surface area contributed by atoms with Crippen LogP contribution in [0, 0.1) is 11.5 Å². The molecule has 0 heterocycles. The van der Waals surface area contributed by atoms with E-state index in [1.165, 1.54) is 0 Å². The molecule has 0 rings (SSSR count). The summed E-state index contributed by atoms with van der Waals surface area (Å²) in [7, 11) is 0. The minimum absolute atomic E-state index is 0. The van der Waals surface area contributed by atoms with Crippen molar-refractivity contribution in [3.05, 3.63) is 0 Å². The monoisotopic (exact) mass is 101 g/mol. The summed E-state index contributed by atoms with van der Waals surface area (Å²) in [6.45, 7) is 0. The Kier molecular flexibility index (Phi) is 16.4. The number of rotatable bonds is 0. The Hall–Kier alpha value is 0.856. The fourth-order valence-corrected chi connectivity index (χ4v) is 0. The molecule has 0 unspecified atom stereocenters. The smallest absolute Gasteiger partial charge is 1.00 e. The molecule has 24 valence electrons. The second-order valence-corrected chi connectivity index (χ2v) is 0.168. The fourth-order valence-electron chi connectivity index (χ4n) is 0. The van der Waals surface area contributed by atoms with Gasteiger partial charge in [0.1, 0.15) is 0 Å². The van der Waals surface area contributed by atoms with Crippen LogP contribution in [0.3, 0.4) is 0 Å². The molecular weight excluding hydrogens is 100 g/mol. The first kappa shape index (κ1) is 9.29. The van der Waals surface area contributed by atoms with Crippen LogP contribution in [0.1, 0.15) is 1.43 Å². The van der Waals surface area contributed by atoms with E-state index in [0.29, 0.717) is 0 Å². The van der Waals surface area contributed by atoms with Crippen LogP contribution in [0.4, 0.5) is 4.53 Å². The Morgan fingerprint density at radius 2 is 2.20 bits per heavy atom. The number of hydrogen-bond donors (Lipinski definition) is 0. The maximum absolute atomic E-state index is 9.86. The van der Waals surface area contributed by atoms with Gasteiger partial charge in [-0.05, 0) is 0 Å². The molecule has 4 heteroatoms. The van der Waals surface area contributed by atoms with Crippen molar-refractivity contribution in [3.8, 4) is 6.26 Å². The topological polar surface area (TPSA) is 33.0 Å². The molecule has 2 nitrogen and oxygen atoms in total. The molecule has 0 radical (unpaired) electrons. The Morgan fingerprint density at radius 3 is 2.20 bits per heavy atom. The first-order chi connectivity index (χ1) is 1.91. The van der Waals surface area contributed by atoms with Crippen molar-refractivity contribution in [2.24, 2.45) is 0 Å². The van der Waals surface area contributed by atoms with Gasteiger partial charge in [-0.3, -0.25) is 0 Å². The predicted molar refractivity (Wildman–Crippen MR) is 8.92 cm³/mol. The van der Waals surface area contributed by atoms with E-state index < -0.39 is 0 Å². The van der Waals surface area contributed by atoms with Gasteiger partial charge in [0.15, 0.2) is 0 Å². The van der Waals surface area contributed by atoms with E-state index in [0.717, 1.165) is 6.26 Å². The maximum Gasteiger partial charge on any atom is 1.00 e. The van der Waals surface area contributed by atoms with Gasteiger partial charge in [-0.15, -0.1) is 5.26 Å². The van der Waals surface area contributed by atoms with E-state index in [-0.39, 0.29) is 52.8 Å². The van der Waals surface area contributed by atoms with Gasteiger partial charge < -0.3 is 1.43 Å². The number of nitriles is 1. The molecule has 0 aliphatic heterocycles. The minimum Gasteiger partial charge on any atom is -1.00 e. The van der Waals surface area contributed by atoms with Gasteiger partial charge in [-0.25, -0.2) is 4.94 Å². The minimum atomic E-state index is 0. The number of nitrogens with zero attached hydrogens (tertiary/aromatic N) is 1. The Bertz CT molecular complexity index is 45.3. The SMILES string of the molecule is N#COF.[H-].[K+]. The van der Waals surface area contributed by atoms with E-state index in [2.05, 4.69) is 4.94 Å². The third kappa shape index (κ3) is 11.5. The molecule has 0 bridgehead atoms. The van der Waals surface area contributed by atoms with Gasteiger partial charge in [0.2, 0.25) is 0 Å². The van der Waals surface area contributed by atoms with Gasteiger partial charge in [-0.1, -0.05) is 0 Å². The van der Waals surface area contributed by atoms with Crippen LogP contribution in [0.15, 0.2) is 0 Å². The zero-order valence-corrected chi connectivity index (χ0v) is 5.86. The molecule has 0 amide bonds. The van der Waals surface area contributed by atoms with Crippen LogP contribution < -0.4 is 51.4 Å². The molecule has 0 aromatic rings. The Morgan fingerprint density at radius 1 is 2.00 bits per heavy atom. The zero-order valence-electron chi connectivity index (χ0n) is 3.73. The van der Waals surface area contributed by atoms with Crippen molar-refractivity contribution in [2.75, 3.05) is 0 Å². The summed E-state index contributed by atoms with van der Waals surface area (Å²) in [5.41, 5.74) is 0. The van der Waals surface area contributed by atoms with Gasteiger partial charge in [0.05, 0.1) is 0 Å². The van der Waals surface area contributed by atoms with E-state index >= 15 is 0 Å². The van der Waals surface area contributed by atoms with E-state index in [1.54, 1.807) is 0 Å². The van der Waals surface area contributed by atoms with E-state index in [9.17, 15) is 4.53 Å². The van der Waals surface area contributed by atoms with Gasteiger partial charge >= 0.3 is 57.6 Å². The van der Waals surface area contributed by atoms with Crippen LogP contribution in [0.2, 0.25) is 0 Å². The Labute approximate surface area is 72.7 Å². The second kappa shape index (κ2) is 8.85. The maximum atomic E-state index is 9.86. The summed E-state index contributed by atoms with van der Waals surface area (Å²) < 4.78 is 9.86. The molecule has 0 aliphatic carbocycles. The van der Waals surface area contributed by atoms with Crippen molar-refractivity contribution in [1.82, 2.24) is 0 Å².